The molecule has 1 rings (SSSR count). The largest absolute Gasteiger partial charge is 0.338 e. The summed E-state index contributed by atoms with van der Waals surface area (Å²) in [6.45, 7) is 18.2. The van der Waals surface area contributed by atoms with E-state index in [4.69, 9.17) is 4.99 Å². The van der Waals surface area contributed by atoms with Crippen molar-refractivity contribution in [2.45, 2.75) is 118 Å². The highest BCUT2D eigenvalue weighted by molar-refractivity contribution is 5.81. The molecule has 0 spiro atoms. The van der Waals surface area contributed by atoms with Gasteiger partial charge in [0.1, 0.15) is 0 Å². The number of guanidine groups is 1. The fourth-order valence-corrected chi connectivity index (χ4v) is 3.73. The molecule has 0 amide bonds. The molecule has 1 aliphatic rings. The van der Waals surface area contributed by atoms with Gasteiger partial charge in [-0.05, 0) is 68.2 Å². The number of rotatable bonds is 5. The van der Waals surface area contributed by atoms with E-state index >= 15 is 0 Å². The maximum Gasteiger partial charge on any atom is 0.197 e. The molecule has 0 aromatic heterocycles. The molecule has 0 atom stereocenters. The topological polar surface area (TPSA) is 18.8 Å². The van der Waals surface area contributed by atoms with Crippen LogP contribution in [0.4, 0.5) is 0 Å². The zero-order chi connectivity index (χ0) is 16.9. The lowest BCUT2D eigenvalue weighted by Crippen LogP contribution is -2.56. The number of nitrogens with zero attached hydrogens (tertiary/aromatic N) is 3. The van der Waals surface area contributed by atoms with E-state index < -0.39 is 0 Å². The van der Waals surface area contributed by atoms with E-state index in [0.717, 1.165) is 0 Å². The van der Waals surface area contributed by atoms with Gasteiger partial charge in [0, 0.05) is 30.2 Å². The summed E-state index contributed by atoms with van der Waals surface area (Å²) in [5.74, 6) is 1.22. The first-order valence-corrected chi connectivity index (χ1v) is 9.40. The van der Waals surface area contributed by atoms with E-state index in [2.05, 4.69) is 65.2 Å². The van der Waals surface area contributed by atoms with Gasteiger partial charge in [0.2, 0.25) is 0 Å². The van der Waals surface area contributed by atoms with Crippen LogP contribution in [0.2, 0.25) is 0 Å². The third-order valence-electron chi connectivity index (χ3n) is 4.47. The van der Waals surface area contributed by atoms with Crippen LogP contribution in [0.1, 0.15) is 87.5 Å². The SMILES string of the molecule is CC(C)N=C(N(C(C)C)C(C)C)N(C(C)C)C1CCCCC1. The summed E-state index contributed by atoms with van der Waals surface area (Å²) in [5, 5.41) is 0. The van der Waals surface area contributed by atoms with Crippen molar-refractivity contribution in [2.75, 3.05) is 0 Å². The Balaban J connectivity index is 3.19. The predicted octanol–water partition coefficient (Wildman–Crippen LogP) is 4.91. The number of hydrogen-bond acceptors (Lipinski definition) is 1. The van der Waals surface area contributed by atoms with E-state index in [1.807, 2.05) is 0 Å². The molecule has 0 N–H and O–H groups in total. The standard InChI is InChI=1S/C19H39N3/c1-14(2)20-19(21(15(3)4)16(5)6)22(17(7)8)18-12-10-9-11-13-18/h14-18H,9-13H2,1-8H3. The van der Waals surface area contributed by atoms with Crippen molar-refractivity contribution in [3.05, 3.63) is 0 Å². The van der Waals surface area contributed by atoms with Gasteiger partial charge in [-0.2, -0.15) is 0 Å². The molecular formula is C19H39N3. The fourth-order valence-electron chi connectivity index (χ4n) is 3.73. The first-order chi connectivity index (χ1) is 10.3. The third kappa shape index (κ3) is 5.17. The zero-order valence-corrected chi connectivity index (χ0v) is 16.3. The minimum atomic E-state index is 0.333. The third-order valence-corrected chi connectivity index (χ3v) is 4.47. The quantitative estimate of drug-likeness (QED) is 0.530. The van der Waals surface area contributed by atoms with Crippen molar-refractivity contribution in [1.82, 2.24) is 9.80 Å². The van der Waals surface area contributed by atoms with Crippen molar-refractivity contribution in [3.8, 4) is 0 Å². The minimum absolute atomic E-state index is 0.333. The zero-order valence-electron chi connectivity index (χ0n) is 16.3. The van der Waals surface area contributed by atoms with Crippen LogP contribution in [0, 0.1) is 0 Å². The number of aliphatic imine (C=N–C) groups is 1. The smallest absolute Gasteiger partial charge is 0.197 e. The van der Waals surface area contributed by atoms with Crippen LogP contribution in [0.5, 0.6) is 0 Å². The molecule has 22 heavy (non-hydrogen) atoms. The van der Waals surface area contributed by atoms with Crippen LogP contribution in [0.3, 0.4) is 0 Å². The molecule has 0 radical (unpaired) electrons. The Morgan fingerprint density at radius 3 is 1.64 bits per heavy atom. The van der Waals surface area contributed by atoms with Gasteiger partial charge in [-0.3, -0.25) is 4.99 Å². The molecule has 0 aromatic carbocycles. The molecule has 0 saturated heterocycles. The summed E-state index contributed by atoms with van der Waals surface area (Å²) in [4.78, 5) is 10.2. The summed E-state index contributed by atoms with van der Waals surface area (Å²) in [5.41, 5.74) is 0. The monoisotopic (exact) mass is 309 g/mol. The van der Waals surface area contributed by atoms with E-state index in [1.165, 1.54) is 38.1 Å². The second kappa shape index (κ2) is 8.79. The Hall–Kier alpha value is -0.730. The Bertz CT molecular complexity index is 331. The molecule has 3 nitrogen and oxygen atoms in total. The highest BCUT2D eigenvalue weighted by Gasteiger charge is 2.31. The Labute approximate surface area is 139 Å². The van der Waals surface area contributed by atoms with Crippen LogP contribution >= 0.6 is 0 Å². The Kier molecular flexibility index (Phi) is 7.71. The van der Waals surface area contributed by atoms with Crippen LogP contribution < -0.4 is 0 Å². The summed E-state index contributed by atoms with van der Waals surface area (Å²) in [7, 11) is 0. The van der Waals surface area contributed by atoms with Crippen molar-refractivity contribution >= 4 is 5.96 Å². The van der Waals surface area contributed by atoms with Gasteiger partial charge in [0.05, 0.1) is 0 Å². The van der Waals surface area contributed by atoms with Crippen molar-refractivity contribution in [1.29, 1.82) is 0 Å². The molecule has 0 aliphatic heterocycles. The molecule has 1 aliphatic carbocycles. The first kappa shape index (κ1) is 19.3. The predicted molar refractivity (Wildman–Crippen MR) is 98.5 cm³/mol. The average Bonchev–Trinajstić information content (AvgIpc) is 2.37. The van der Waals surface area contributed by atoms with Crippen molar-refractivity contribution in [3.63, 3.8) is 0 Å². The van der Waals surface area contributed by atoms with E-state index in [-0.39, 0.29) is 0 Å². The van der Waals surface area contributed by atoms with Crippen LogP contribution in [-0.2, 0) is 0 Å². The highest BCUT2D eigenvalue weighted by Crippen LogP contribution is 2.26. The van der Waals surface area contributed by atoms with Crippen LogP contribution in [-0.4, -0.2) is 46.0 Å². The Morgan fingerprint density at radius 1 is 0.773 bits per heavy atom. The summed E-state index contributed by atoms with van der Waals surface area (Å²) in [6, 6.07) is 2.44. The van der Waals surface area contributed by atoms with E-state index in [1.54, 1.807) is 0 Å². The molecule has 130 valence electrons. The minimum Gasteiger partial charge on any atom is -0.338 e. The fraction of sp³-hybridized carbons (Fsp3) is 0.947. The second-order valence-electron chi connectivity index (χ2n) is 7.91. The van der Waals surface area contributed by atoms with Gasteiger partial charge < -0.3 is 9.80 Å². The highest BCUT2D eigenvalue weighted by atomic mass is 15.4. The summed E-state index contributed by atoms with van der Waals surface area (Å²) < 4.78 is 0. The normalized spacial score (nSPS) is 17.9. The molecule has 0 bridgehead atoms. The van der Waals surface area contributed by atoms with Gasteiger partial charge in [0.25, 0.3) is 0 Å². The Morgan fingerprint density at radius 2 is 1.27 bits per heavy atom. The van der Waals surface area contributed by atoms with E-state index in [9.17, 15) is 0 Å². The average molecular weight is 310 g/mol. The lowest BCUT2D eigenvalue weighted by Gasteiger charge is -2.46. The van der Waals surface area contributed by atoms with Crippen LogP contribution in [0.15, 0.2) is 4.99 Å². The molecule has 3 heteroatoms. The molecule has 0 heterocycles. The molecule has 0 aromatic rings. The number of hydrogen-bond donors (Lipinski definition) is 0. The maximum atomic E-state index is 5.09. The first-order valence-electron chi connectivity index (χ1n) is 9.40. The van der Waals surface area contributed by atoms with Gasteiger partial charge >= 0.3 is 0 Å². The van der Waals surface area contributed by atoms with Gasteiger partial charge in [0.15, 0.2) is 5.96 Å². The van der Waals surface area contributed by atoms with Crippen molar-refractivity contribution in [2.24, 2.45) is 4.99 Å². The van der Waals surface area contributed by atoms with Gasteiger partial charge in [-0.1, -0.05) is 19.3 Å². The van der Waals surface area contributed by atoms with Crippen molar-refractivity contribution < 1.29 is 0 Å². The second-order valence-corrected chi connectivity index (χ2v) is 7.91. The van der Waals surface area contributed by atoms with Gasteiger partial charge in [-0.25, -0.2) is 0 Å². The lowest BCUT2D eigenvalue weighted by atomic mass is 9.93. The summed E-state index contributed by atoms with van der Waals surface area (Å²) >= 11 is 0. The summed E-state index contributed by atoms with van der Waals surface area (Å²) in [6.07, 6.45) is 6.77. The molecule has 0 unspecified atom stereocenters. The lowest BCUT2D eigenvalue weighted by molar-refractivity contribution is 0.158. The van der Waals surface area contributed by atoms with E-state index in [0.29, 0.717) is 30.2 Å². The maximum absolute atomic E-state index is 5.09. The molecular weight excluding hydrogens is 270 g/mol. The molecule has 1 saturated carbocycles. The van der Waals surface area contributed by atoms with Gasteiger partial charge in [-0.15, -0.1) is 0 Å². The molecule has 1 fully saturated rings. The van der Waals surface area contributed by atoms with Crippen LogP contribution in [0.25, 0.3) is 0 Å².